The van der Waals surface area contributed by atoms with E-state index >= 15 is 0 Å². The Balaban J connectivity index is 1.50. The van der Waals surface area contributed by atoms with Crippen molar-refractivity contribution in [2.75, 3.05) is 38.4 Å². The Morgan fingerprint density at radius 2 is 1.67 bits per heavy atom. The van der Waals surface area contributed by atoms with Gasteiger partial charge in [0.15, 0.2) is 11.5 Å². The Hall–Kier alpha value is -2.32. The number of hydrogen-bond acceptors (Lipinski definition) is 6. The number of fused-ring (bicyclic) bond motifs is 1. The molecule has 0 saturated heterocycles. The lowest BCUT2D eigenvalue weighted by atomic mass is 10.3. The number of carbonyl (C=O) groups is 2. The molecule has 0 unspecified atom stereocenters. The summed E-state index contributed by atoms with van der Waals surface area (Å²) < 4.78 is 11.0. The van der Waals surface area contributed by atoms with Gasteiger partial charge in [-0.25, -0.2) is 0 Å². The van der Waals surface area contributed by atoms with E-state index in [2.05, 4.69) is 5.32 Å². The van der Waals surface area contributed by atoms with Crippen LogP contribution in [0.1, 0.15) is 0 Å². The maximum atomic E-state index is 12.2. The van der Waals surface area contributed by atoms with Gasteiger partial charge in [-0.3, -0.25) is 9.59 Å². The van der Waals surface area contributed by atoms with E-state index in [0.717, 1.165) is 27.3 Å². The minimum absolute atomic E-state index is 0.0392. The highest BCUT2D eigenvalue weighted by Crippen LogP contribution is 2.34. The zero-order valence-corrected chi connectivity index (χ0v) is 16.7. The van der Waals surface area contributed by atoms with Crippen LogP contribution in [0.4, 0.5) is 10.5 Å². The summed E-state index contributed by atoms with van der Waals surface area (Å²) in [4.78, 5) is 27.2. The number of ether oxygens (including phenoxy) is 2. The highest BCUT2D eigenvalue weighted by molar-refractivity contribution is 8.13. The lowest BCUT2D eigenvalue weighted by molar-refractivity contribution is -0.113. The third kappa shape index (κ3) is 5.58. The molecule has 2 aromatic carbocycles. The van der Waals surface area contributed by atoms with Crippen molar-refractivity contribution in [3.8, 4) is 11.5 Å². The average molecular weight is 405 g/mol. The second kappa shape index (κ2) is 9.05. The Bertz CT molecular complexity index is 825. The summed E-state index contributed by atoms with van der Waals surface area (Å²) in [5, 5.41) is 2.82. The summed E-state index contributed by atoms with van der Waals surface area (Å²) in [5.41, 5.74) is 0.699. The van der Waals surface area contributed by atoms with Crippen LogP contribution in [-0.2, 0) is 4.79 Å². The first kappa shape index (κ1) is 19.4. The van der Waals surface area contributed by atoms with Gasteiger partial charge in [-0.05, 0) is 54.2 Å². The van der Waals surface area contributed by atoms with E-state index in [-0.39, 0.29) is 16.9 Å². The van der Waals surface area contributed by atoms with Gasteiger partial charge < -0.3 is 19.7 Å². The van der Waals surface area contributed by atoms with E-state index in [1.165, 1.54) is 16.7 Å². The molecule has 0 aliphatic carbocycles. The summed E-state index contributed by atoms with van der Waals surface area (Å²) in [5.74, 6) is 1.64. The highest BCUT2D eigenvalue weighted by Gasteiger charge is 2.13. The largest absolute Gasteiger partial charge is 0.486 e. The molecule has 0 bridgehead atoms. The fourth-order valence-corrected chi connectivity index (χ4v) is 3.64. The van der Waals surface area contributed by atoms with E-state index in [0.29, 0.717) is 24.7 Å². The average Bonchev–Trinajstić information content (AvgIpc) is 2.67. The van der Waals surface area contributed by atoms with Crippen LogP contribution in [0.15, 0.2) is 52.3 Å². The van der Waals surface area contributed by atoms with Crippen LogP contribution in [0.3, 0.4) is 0 Å². The van der Waals surface area contributed by atoms with E-state index < -0.39 is 0 Å². The van der Waals surface area contributed by atoms with Gasteiger partial charge in [0.2, 0.25) is 5.91 Å². The molecule has 1 heterocycles. The van der Waals surface area contributed by atoms with Crippen molar-refractivity contribution >= 4 is 40.4 Å². The van der Waals surface area contributed by atoms with Gasteiger partial charge in [-0.2, -0.15) is 0 Å². The molecule has 3 rings (SSSR count). The van der Waals surface area contributed by atoms with Crippen molar-refractivity contribution in [2.24, 2.45) is 0 Å². The number of anilines is 1. The Morgan fingerprint density at radius 1 is 1.00 bits per heavy atom. The lowest BCUT2D eigenvalue weighted by Crippen LogP contribution is -2.16. The number of hydrogen-bond donors (Lipinski definition) is 1. The zero-order valence-electron chi connectivity index (χ0n) is 15.1. The number of rotatable bonds is 5. The Labute approximate surface area is 166 Å². The smallest absolute Gasteiger partial charge is 0.285 e. The summed E-state index contributed by atoms with van der Waals surface area (Å²) >= 11 is 2.58. The molecular formula is C19H20N2O4S2. The van der Waals surface area contributed by atoms with Gasteiger partial charge in [0.1, 0.15) is 13.2 Å². The van der Waals surface area contributed by atoms with Crippen LogP contribution in [0.25, 0.3) is 0 Å². The highest BCUT2D eigenvalue weighted by atomic mass is 32.2. The third-order valence-electron chi connectivity index (χ3n) is 3.59. The molecule has 27 heavy (non-hydrogen) atoms. The maximum Gasteiger partial charge on any atom is 0.285 e. The molecule has 0 aromatic heterocycles. The van der Waals surface area contributed by atoms with Gasteiger partial charge in [0.05, 0.1) is 5.75 Å². The normalized spacial score (nSPS) is 12.4. The van der Waals surface area contributed by atoms with Crippen LogP contribution in [0, 0.1) is 0 Å². The zero-order chi connectivity index (χ0) is 19.2. The number of benzene rings is 2. The fraction of sp³-hybridized carbons (Fsp3) is 0.263. The maximum absolute atomic E-state index is 12.2. The number of carbonyl (C=O) groups excluding carboxylic acids is 2. The van der Waals surface area contributed by atoms with Crippen LogP contribution in [0.2, 0.25) is 0 Å². The van der Waals surface area contributed by atoms with Gasteiger partial charge in [-0.1, -0.05) is 0 Å². The van der Waals surface area contributed by atoms with Crippen LogP contribution in [0.5, 0.6) is 11.5 Å². The summed E-state index contributed by atoms with van der Waals surface area (Å²) in [6, 6.07) is 12.9. The molecule has 1 aliphatic rings. The molecule has 2 amide bonds. The predicted octanol–water partition coefficient (Wildman–Crippen LogP) is 3.96. The van der Waals surface area contributed by atoms with E-state index in [1.807, 2.05) is 30.3 Å². The lowest BCUT2D eigenvalue weighted by Gasteiger charge is -2.18. The SMILES string of the molecule is CN(C)C(=O)Sc1ccc(NC(=O)CSc2ccc3c(c2)OCCO3)cc1. The third-order valence-corrected chi connectivity index (χ3v) is 5.63. The van der Waals surface area contributed by atoms with Crippen molar-refractivity contribution in [3.05, 3.63) is 42.5 Å². The van der Waals surface area contributed by atoms with Crippen molar-refractivity contribution in [3.63, 3.8) is 0 Å². The number of thioether (sulfide) groups is 2. The van der Waals surface area contributed by atoms with E-state index in [1.54, 1.807) is 26.2 Å². The Morgan fingerprint density at radius 3 is 2.37 bits per heavy atom. The predicted molar refractivity (Wildman–Crippen MR) is 108 cm³/mol. The molecular weight excluding hydrogens is 384 g/mol. The quantitative estimate of drug-likeness (QED) is 0.761. The first-order chi connectivity index (χ1) is 13.0. The molecule has 0 spiro atoms. The minimum Gasteiger partial charge on any atom is -0.486 e. The van der Waals surface area contributed by atoms with Crippen molar-refractivity contribution in [1.82, 2.24) is 4.90 Å². The molecule has 0 radical (unpaired) electrons. The van der Waals surface area contributed by atoms with Crippen molar-refractivity contribution in [2.45, 2.75) is 9.79 Å². The van der Waals surface area contributed by atoms with E-state index in [9.17, 15) is 9.59 Å². The molecule has 1 aliphatic heterocycles. The summed E-state index contributed by atoms with van der Waals surface area (Å²) in [6.07, 6.45) is 0. The first-order valence-corrected chi connectivity index (χ1v) is 10.1. The van der Waals surface area contributed by atoms with Crippen molar-refractivity contribution in [1.29, 1.82) is 0 Å². The molecule has 6 nitrogen and oxygen atoms in total. The molecule has 1 N–H and O–H groups in total. The van der Waals surface area contributed by atoms with Crippen LogP contribution in [-0.4, -0.2) is 49.1 Å². The van der Waals surface area contributed by atoms with Gasteiger partial charge in [-0.15, -0.1) is 11.8 Å². The number of nitrogens with one attached hydrogen (secondary N) is 1. The monoisotopic (exact) mass is 404 g/mol. The van der Waals surface area contributed by atoms with Gasteiger partial charge >= 0.3 is 0 Å². The summed E-state index contributed by atoms with van der Waals surface area (Å²) in [7, 11) is 3.42. The molecule has 2 aromatic rings. The first-order valence-electron chi connectivity index (χ1n) is 8.33. The topological polar surface area (TPSA) is 67.9 Å². The van der Waals surface area contributed by atoms with Crippen LogP contribution < -0.4 is 14.8 Å². The molecule has 0 fully saturated rings. The van der Waals surface area contributed by atoms with Crippen LogP contribution >= 0.6 is 23.5 Å². The number of amides is 2. The second-order valence-corrected chi connectivity index (χ2v) is 8.00. The van der Waals surface area contributed by atoms with Gasteiger partial charge in [0, 0.05) is 29.6 Å². The fourth-order valence-electron chi connectivity index (χ4n) is 2.26. The molecule has 0 saturated carbocycles. The van der Waals surface area contributed by atoms with Gasteiger partial charge in [0.25, 0.3) is 5.24 Å². The Kier molecular flexibility index (Phi) is 6.52. The standard InChI is InChI=1S/C19H20N2O4S2/c1-21(2)19(23)27-14-5-3-13(4-6-14)20-18(22)12-26-15-7-8-16-17(11-15)25-10-9-24-16/h3-8,11H,9-10,12H2,1-2H3,(H,20,22). The summed E-state index contributed by atoms with van der Waals surface area (Å²) in [6.45, 7) is 1.10. The molecule has 8 heteroatoms. The van der Waals surface area contributed by atoms with E-state index in [4.69, 9.17) is 9.47 Å². The minimum atomic E-state index is -0.0975. The number of nitrogens with zero attached hydrogens (tertiary/aromatic N) is 1. The molecule has 0 atom stereocenters. The second-order valence-electron chi connectivity index (χ2n) is 5.93. The van der Waals surface area contributed by atoms with Crippen molar-refractivity contribution < 1.29 is 19.1 Å². The molecule has 142 valence electrons.